The molecule has 0 aromatic heterocycles. The Morgan fingerprint density at radius 3 is 2.63 bits per heavy atom. The van der Waals surface area contributed by atoms with E-state index in [2.05, 4.69) is 0 Å². The number of methoxy groups -OCH3 is 2. The smallest absolute Gasteiger partial charge is 0.410 e. The first-order chi connectivity index (χ1) is 9.06. The molecule has 1 aromatic rings. The predicted molar refractivity (Wildman–Crippen MR) is 68.9 cm³/mol. The van der Waals surface area contributed by atoms with Gasteiger partial charge in [0.15, 0.2) is 0 Å². The standard InChI is InChI=1S/C13H14ClNO4/c1-18-12(16)11-6-9-5-10(14)4-3-8(9)7-15(11)13(17)19-2/h3-5,11H,6-7H2,1-2H3/t11-/m1/s1. The Balaban J connectivity index is 2.36. The summed E-state index contributed by atoms with van der Waals surface area (Å²) in [5, 5.41) is 0.605. The maximum atomic E-state index is 11.8. The zero-order valence-electron chi connectivity index (χ0n) is 10.7. The zero-order chi connectivity index (χ0) is 14.0. The van der Waals surface area contributed by atoms with Gasteiger partial charge < -0.3 is 9.47 Å². The molecule has 102 valence electrons. The lowest BCUT2D eigenvalue weighted by Gasteiger charge is -2.34. The molecule has 0 fully saturated rings. The largest absolute Gasteiger partial charge is 0.467 e. The van der Waals surface area contributed by atoms with Crippen LogP contribution < -0.4 is 0 Å². The number of carbonyl (C=O) groups excluding carboxylic acids is 2. The van der Waals surface area contributed by atoms with E-state index in [-0.39, 0.29) is 0 Å². The molecule has 1 aliphatic heterocycles. The van der Waals surface area contributed by atoms with Crippen LogP contribution in [-0.4, -0.2) is 37.2 Å². The monoisotopic (exact) mass is 283 g/mol. The Morgan fingerprint density at radius 1 is 1.26 bits per heavy atom. The van der Waals surface area contributed by atoms with E-state index in [0.717, 1.165) is 11.1 Å². The van der Waals surface area contributed by atoms with E-state index in [1.54, 1.807) is 12.1 Å². The third-order valence-corrected chi connectivity index (χ3v) is 3.42. The van der Waals surface area contributed by atoms with Gasteiger partial charge in [-0.3, -0.25) is 4.90 Å². The van der Waals surface area contributed by atoms with Gasteiger partial charge in [-0.1, -0.05) is 17.7 Å². The Labute approximate surface area is 116 Å². The van der Waals surface area contributed by atoms with Crippen LogP contribution in [0.15, 0.2) is 18.2 Å². The van der Waals surface area contributed by atoms with Crippen molar-refractivity contribution in [3.05, 3.63) is 34.3 Å². The van der Waals surface area contributed by atoms with Crippen LogP contribution in [0.1, 0.15) is 11.1 Å². The molecule has 0 saturated heterocycles. The van der Waals surface area contributed by atoms with Crippen LogP contribution in [0.2, 0.25) is 5.02 Å². The van der Waals surface area contributed by atoms with Crippen molar-refractivity contribution in [1.82, 2.24) is 4.90 Å². The summed E-state index contributed by atoms with van der Waals surface area (Å²) in [6.45, 7) is 0.305. The Morgan fingerprint density at radius 2 is 2.00 bits per heavy atom. The number of ether oxygens (including phenoxy) is 2. The highest BCUT2D eigenvalue weighted by Gasteiger charge is 2.36. The highest BCUT2D eigenvalue weighted by atomic mass is 35.5. The lowest BCUT2D eigenvalue weighted by Crippen LogP contribution is -2.49. The van der Waals surface area contributed by atoms with E-state index in [1.165, 1.54) is 19.1 Å². The fourth-order valence-corrected chi connectivity index (χ4v) is 2.40. The lowest BCUT2D eigenvalue weighted by atomic mass is 9.94. The van der Waals surface area contributed by atoms with Gasteiger partial charge in [-0.15, -0.1) is 0 Å². The quantitative estimate of drug-likeness (QED) is 0.740. The number of halogens is 1. The van der Waals surface area contributed by atoms with Gasteiger partial charge in [-0.25, -0.2) is 9.59 Å². The first-order valence-electron chi connectivity index (χ1n) is 5.76. The molecular formula is C13H14ClNO4. The van der Waals surface area contributed by atoms with Gasteiger partial charge in [0.1, 0.15) is 6.04 Å². The number of hydrogen-bond acceptors (Lipinski definition) is 4. The first kappa shape index (κ1) is 13.7. The van der Waals surface area contributed by atoms with Gasteiger partial charge in [0, 0.05) is 11.4 Å². The molecule has 1 heterocycles. The summed E-state index contributed by atoms with van der Waals surface area (Å²) in [7, 11) is 2.58. The van der Waals surface area contributed by atoms with E-state index in [1.807, 2.05) is 6.07 Å². The van der Waals surface area contributed by atoms with Gasteiger partial charge in [-0.2, -0.15) is 0 Å². The molecule has 0 bridgehead atoms. The van der Waals surface area contributed by atoms with Crippen LogP contribution in [0.5, 0.6) is 0 Å². The van der Waals surface area contributed by atoms with Crippen LogP contribution in [0.3, 0.4) is 0 Å². The number of fused-ring (bicyclic) bond motifs is 1. The Kier molecular flexibility index (Phi) is 3.95. The highest BCUT2D eigenvalue weighted by Crippen LogP contribution is 2.27. The first-order valence-corrected chi connectivity index (χ1v) is 6.14. The van der Waals surface area contributed by atoms with Crippen molar-refractivity contribution in [3.8, 4) is 0 Å². The maximum Gasteiger partial charge on any atom is 0.410 e. The van der Waals surface area contributed by atoms with Crippen LogP contribution in [0.25, 0.3) is 0 Å². The van der Waals surface area contributed by atoms with Crippen molar-refractivity contribution < 1.29 is 19.1 Å². The molecule has 0 unspecified atom stereocenters. The maximum absolute atomic E-state index is 11.8. The fraction of sp³-hybridized carbons (Fsp3) is 0.385. The average Bonchev–Trinajstić information content (AvgIpc) is 2.44. The van der Waals surface area contributed by atoms with Crippen molar-refractivity contribution in [2.45, 2.75) is 19.0 Å². The number of hydrogen-bond donors (Lipinski definition) is 0. The van der Waals surface area contributed by atoms with Gasteiger partial charge >= 0.3 is 12.1 Å². The second kappa shape index (κ2) is 5.48. The van der Waals surface area contributed by atoms with Gasteiger partial charge in [0.25, 0.3) is 0 Å². The van der Waals surface area contributed by atoms with E-state index < -0.39 is 18.1 Å². The molecular weight excluding hydrogens is 270 g/mol. The fourth-order valence-electron chi connectivity index (χ4n) is 2.21. The molecule has 0 aliphatic carbocycles. The average molecular weight is 284 g/mol. The molecule has 1 aromatic carbocycles. The molecule has 1 aliphatic rings. The summed E-state index contributed by atoms with van der Waals surface area (Å²) in [5.41, 5.74) is 1.90. The Hall–Kier alpha value is -1.75. The van der Waals surface area contributed by atoms with Crippen LogP contribution in [0.4, 0.5) is 4.79 Å². The van der Waals surface area contributed by atoms with Gasteiger partial charge in [0.05, 0.1) is 20.8 Å². The van der Waals surface area contributed by atoms with Gasteiger partial charge in [0.2, 0.25) is 0 Å². The molecule has 0 N–H and O–H groups in total. The van der Waals surface area contributed by atoms with Crippen LogP contribution >= 0.6 is 11.6 Å². The van der Waals surface area contributed by atoms with E-state index in [4.69, 9.17) is 21.1 Å². The zero-order valence-corrected chi connectivity index (χ0v) is 11.4. The third kappa shape index (κ3) is 2.66. The minimum Gasteiger partial charge on any atom is -0.467 e. The number of rotatable bonds is 1. The number of esters is 1. The molecule has 0 radical (unpaired) electrons. The molecule has 19 heavy (non-hydrogen) atoms. The minimum atomic E-state index is -0.677. The number of amides is 1. The summed E-state index contributed by atoms with van der Waals surface area (Å²) in [6, 6.07) is 4.74. The highest BCUT2D eigenvalue weighted by molar-refractivity contribution is 6.30. The molecule has 1 amide bonds. The summed E-state index contributed by atoms with van der Waals surface area (Å²) < 4.78 is 9.45. The van der Waals surface area contributed by atoms with E-state index in [0.29, 0.717) is 18.0 Å². The van der Waals surface area contributed by atoms with E-state index >= 15 is 0 Å². The molecule has 1 atom stereocenters. The Bertz CT molecular complexity index is 517. The van der Waals surface area contributed by atoms with Crippen molar-refractivity contribution in [2.24, 2.45) is 0 Å². The number of carbonyl (C=O) groups is 2. The van der Waals surface area contributed by atoms with Crippen molar-refractivity contribution in [3.63, 3.8) is 0 Å². The second-order valence-electron chi connectivity index (χ2n) is 4.25. The summed E-state index contributed by atoms with van der Waals surface area (Å²) >= 11 is 5.94. The summed E-state index contributed by atoms with van der Waals surface area (Å²) in [6.07, 6.45) is -0.173. The topological polar surface area (TPSA) is 55.8 Å². The van der Waals surface area contributed by atoms with Crippen molar-refractivity contribution in [2.75, 3.05) is 14.2 Å². The molecule has 6 heteroatoms. The molecule has 2 rings (SSSR count). The number of benzene rings is 1. The van der Waals surface area contributed by atoms with Crippen molar-refractivity contribution in [1.29, 1.82) is 0 Å². The second-order valence-corrected chi connectivity index (χ2v) is 4.69. The lowest BCUT2D eigenvalue weighted by molar-refractivity contribution is -0.146. The van der Waals surface area contributed by atoms with E-state index in [9.17, 15) is 9.59 Å². The summed E-state index contributed by atoms with van der Waals surface area (Å²) in [4.78, 5) is 24.9. The normalized spacial score (nSPS) is 17.6. The van der Waals surface area contributed by atoms with Crippen LogP contribution in [-0.2, 0) is 27.2 Å². The predicted octanol–water partition coefficient (Wildman–Crippen LogP) is 2.01. The van der Waals surface area contributed by atoms with Crippen LogP contribution in [0, 0.1) is 0 Å². The van der Waals surface area contributed by atoms with Crippen molar-refractivity contribution >= 4 is 23.7 Å². The summed E-state index contributed by atoms with van der Waals surface area (Å²) in [5.74, 6) is -0.462. The molecule has 0 spiro atoms. The minimum absolute atomic E-state index is 0.305. The molecule has 0 saturated carbocycles. The van der Waals surface area contributed by atoms with Gasteiger partial charge in [-0.05, 0) is 23.3 Å². The SMILES string of the molecule is COC(=O)[C@H]1Cc2cc(Cl)ccc2CN1C(=O)OC. The number of nitrogens with zero attached hydrogens (tertiary/aromatic N) is 1. The molecule has 5 nitrogen and oxygen atoms in total. The third-order valence-electron chi connectivity index (χ3n) is 3.18.